The lowest BCUT2D eigenvalue weighted by molar-refractivity contribution is -0.139. The van der Waals surface area contributed by atoms with E-state index in [0.717, 1.165) is 13.1 Å². The maximum Gasteiger partial charge on any atom is 0.305 e. The second-order valence-corrected chi connectivity index (χ2v) is 3.12. The number of hydrogen-bond donors (Lipinski definition) is 3. The Balaban J connectivity index is 2.39. The van der Waals surface area contributed by atoms with Crippen molar-refractivity contribution in [3.05, 3.63) is 12.7 Å². The number of aliphatic carboxylic acids is 1. The lowest BCUT2D eigenvalue weighted by Gasteiger charge is -2.42. The molecule has 1 saturated heterocycles. The quantitative estimate of drug-likeness (QED) is 0.490. The topological polar surface area (TPSA) is 61.4 Å². The molecule has 12 heavy (non-hydrogen) atoms. The predicted octanol–water partition coefficient (Wildman–Crippen LogP) is -0.421. The van der Waals surface area contributed by atoms with E-state index in [-0.39, 0.29) is 12.0 Å². The van der Waals surface area contributed by atoms with E-state index in [9.17, 15) is 4.79 Å². The zero-order valence-electron chi connectivity index (χ0n) is 6.97. The SMILES string of the molecule is C=CCNC1(CC(=O)O)CNC1. The van der Waals surface area contributed by atoms with Crippen LogP contribution < -0.4 is 10.6 Å². The van der Waals surface area contributed by atoms with Crippen LogP contribution in [-0.4, -0.2) is 36.2 Å². The van der Waals surface area contributed by atoms with E-state index in [1.54, 1.807) is 6.08 Å². The van der Waals surface area contributed by atoms with Crippen molar-refractivity contribution in [2.75, 3.05) is 19.6 Å². The fraction of sp³-hybridized carbons (Fsp3) is 0.625. The maximum atomic E-state index is 10.5. The molecule has 4 nitrogen and oxygen atoms in total. The van der Waals surface area contributed by atoms with Crippen LogP contribution in [0.4, 0.5) is 0 Å². The summed E-state index contributed by atoms with van der Waals surface area (Å²) in [4.78, 5) is 10.5. The average molecular weight is 170 g/mol. The van der Waals surface area contributed by atoms with E-state index in [0.29, 0.717) is 6.54 Å². The third kappa shape index (κ3) is 2.06. The van der Waals surface area contributed by atoms with Crippen molar-refractivity contribution in [2.45, 2.75) is 12.0 Å². The molecule has 0 aromatic rings. The summed E-state index contributed by atoms with van der Waals surface area (Å²) in [6, 6.07) is 0. The smallest absolute Gasteiger partial charge is 0.305 e. The first kappa shape index (κ1) is 9.22. The fourth-order valence-electron chi connectivity index (χ4n) is 1.32. The molecule has 1 aliphatic heterocycles. The highest BCUT2D eigenvalue weighted by molar-refractivity contribution is 5.68. The van der Waals surface area contributed by atoms with E-state index < -0.39 is 5.97 Å². The molecule has 0 saturated carbocycles. The molecule has 0 bridgehead atoms. The zero-order chi connectivity index (χ0) is 9.03. The van der Waals surface area contributed by atoms with Crippen LogP contribution in [0.15, 0.2) is 12.7 Å². The Morgan fingerprint density at radius 1 is 1.75 bits per heavy atom. The van der Waals surface area contributed by atoms with Crippen molar-refractivity contribution in [3.8, 4) is 0 Å². The zero-order valence-corrected chi connectivity index (χ0v) is 6.97. The predicted molar refractivity (Wildman–Crippen MR) is 46.1 cm³/mol. The van der Waals surface area contributed by atoms with Crippen LogP contribution in [0.25, 0.3) is 0 Å². The first-order valence-corrected chi connectivity index (χ1v) is 3.97. The highest BCUT2D eigenvalue weighted by atomic mass is 16.4. The van der Waals surface area contributed by atoms with Crippen molar-refractivity contribution in [1.82, 2.24) is 10.6 Å². The van der Waals surface area contributed by atoms with Gasteiger partial charge in [-0.05, 0) is 0 Å². The molecule has 0 amide bonds. The van der Waals surface area contributed by atoms with Crippen molar-refractivity contribution < 1.29 is 9.90 Å². The molecule has 1 rings (SSSR count). The van der Waals surface area contributed by atoms with Crippen LogP contribution in [0.1, 0.15) is 6.42 Å². The molecular formula is C8H14N2O2. The summed E-state index contributed by atoms with van der Waals surface area (Å²) in [6.45, 7) is 5.69. The molecule has 1 fully saturated rings. The van der Waals surface area contributed by atoms with Gasteiger partial charge in [0.25, 0.3) is 0 Å². The van der Waals surface area contributed by atoms with Crippen LogP contribution in [0.5, 0.6) is 0 Å². The third-order valence-corrected chi connectivity index (χ3v) is 2.04. The van der Waals surface area contributed by atoms with E-state index in [2.05, 4.69) is 17.2 Å². The number of carbonyl (C=O) groups is 1. The number of hydrogen-bond acceptors (Lipinski definition) is 3. The Morgan fingerprint density at radius 3 is 2.75 bits per heavy atom. The summed E-state index contributed by atoms with van der Waals surface area (Å²) in [5, 5.41) is 14.8. The van der Waals surface area contributed by atoms with E-state index in [4.69, 9.17) is 5.11 Å². The normalized spacial score (nSPS) is 19.7. The Bertz CT molecular complexity index is 187. The second kappa shape index (κ2) is 3.69. The number of nitrogens with one attached hydrogen (secondary N) is 2. The van der Waals surface area contributed by atoms with Gasteiger partial charge >= 0.3 is 5.97 Å². The highest BCUT2D eigenvalue weighted by Gasteiger charge is 2.37. The standard InChI is InChI=1S/C8H14N2O2/c1-2-3-10-8(4-7(11)12)5-9-6-8/h2,9-10H,1,3-6H2,(H,11,12). The van der Waals surface area contributed by atoms with Gasteiger partial charge in [0.05, 0.1) is 12.0 Å². The average Bonchev–Trinajstić information content (AvgIpc) is 1.94. The summed E-state index contributed by atoms with van der Waals surface area (Å²) in [5.74, 6) is -0.756. The maximum absolute atomic E-state index is 10.5. The highest BCUT2D eigenvalue weighted by Crippen LogP contribution is 2.15. The van der Waals surface area contributed by atoms with E-state index in [1.807, 2.05) is 0 Å². The lowest BCUT2D eigenvalue weighted by atomic mass is 9.88. The van der Waals surface area contributed by atoms with Gasteiger partial charge in [-0.2, -0.15) is 0 Å². The molecule has 68 valence electrons. The third-order valence-electron chi connectivity index (χ3n) is 2.04. The molecular weight excluding hydrogens is 156 g/mol. The molecule has 0 unspecified atom stereocenters. The van der Waals surface area contributed by atoms with Gasteiger partial charge in [-0.15, -0.1) is 6.58 Å². The van der Waals surface area contributed by atoms with Crippen molar-refractivity contribution >= 4 is 5.97 Å². The Morgan fingerprint density at radius 2 is 2.42 bits per heavy atom. The monoisotopic (exact) mass is 170 g/mol. The van der Waals surface area contributed by atoms with Gasteiger partial charge in [0.15, 0.2) is 0 Å². The van der Waals surface area contributed by atoms with E-state index in [1.165, 1.54) is 0 Å². The van der Waals surface area contributed by atoms with Gasteiger partial charge in [-0.25, -0.2) is 0 Å². The van der Waals surface area contributed by atoms with Gasteiger partial charge in [-0.1, -0.05) is 6.08 Å². The number of carboxylic acid groups (broad SMARTS) is 1. The summed E-state index contributed by atoms with van der Waals surface area (Å²) >= 11 is 0. The van der Waals surface area contributed by atoms with E-state index >= 15 is 0 Å². The number of rotatable bonds is 5. The van der Waals surface area contributed by atoms with Crippen LogP contribution in [0.3, 0.4) is 0 Å². The first-order valence-electron chi connectivity index (χ1n) is 3.97. The molecule has 0 atom stereocenters. The molecule has 1 heterocycles. The van der Waals surface area contributed by atoms with Crippen LogP contribution >= 0.6 is 0 Å². The molecule has 4 heteroatoms. The minimum Gasteiger partial charge on any atom is -0.481 e. The summed E-state index contributed by atoms with van der Waals surface area (Å²) < 4.78 is 0. The Kier molecular flexibility index (Phi) is 2.83. The minimum absolute atomic E-state index is 0.174. The van der Waals surface area contributed by atoms with Crippen molar-refractivity contribution in [3.63, 3.8) is 0 Å². The molecule has 0 aromatic heterocycles. The van der Waals surface area contributed by atoms with Crippen molar-refractivity contribution in [1.29, 1.82) is 0 Å². The fourth-order valence-corrected chi connectivity index (χ4v) is 1.32. The largest absolute Gasteiger partial charge is 0.481 e. The molecule has 0 radical (unpaired) electrons. The van der Waals surface area contributed by atoms with Crippen LogP contribution in [0, 0.1) is 0 Å². The minimum atomic E-state index is -0.756. The Hall–Kier alpha value is -0.870. The summed E-state index contributed by atoms with van der Waals surface area (Å²) in [7, 11) is 0. The van der Waals surface area contributed by atoms with Gasteiger partial charge in [0.2, 0.25) is 0 Å². The van der Waals surface area contributed by atoms with Gasteiger partial charge in [0.1, 0.15) is 0 Å². The summed E-state index contributed by atoms with van der Waals surface area (Å²) in [6.07, 6.45) is 1.91. The number of carboxylic acids is 1. The molecule has 3 N–H and O–H groups in total. The molecule has 0 spiro atoms. The first-order chi connectivity index (χ1) is 5.68. The summed E-state index contributed by atoms with van der Waals surface area (Å²) in [5.41, 5.74) is -0.236. The lowest BCUT2D eigenvalue weighted by Crippen LogP contribution is -2.68. The molecule has 0 aromatic carbocycles. The second-order valence-electron chi connectivity index (χ2n) is 3.12. The van der Waals surface area contributed by atoms with Gasteiger partial charge < -0.3 is 15.7 Å². The van der Waals surface area contributed by atoms with Crippen LogP contribution in [0.2, 0.25) is 0 Å². The van der Waals surface area contributed by atoms with Crippen molar-refractivity contribution in [2.24, 2.45) is 0 Å². The van der Waals surface area contributed by atoms with Gasteiger partial charge in [0, 0.05) is 19.6 Å². The van der Waals surface area contributed by atoms with Crippen LogP contribution in [-0.2, 0) is 4.79 Å². The Labute approximate surface area is 71.7 Å². The molecule has 1 aliphatic rings. The molecule has 0 aliphatic carbocycles. The van der Waals surface area contributed by atoms with Gasteiger partial charge in [-0.3, -0.25) is 4.79 Å².